The molecule has 4 rings (SSSR count). The van der Waals surface area contributed by atoms with Crippen molar-refractivity contribution in [1.29, 1.82) is 0 Å². The molecule has 2 aliphatic heterocycles. The van der Waals surface area contributed by atoms with Gasteiger partial charge >= 0.3 is 6.03 Å². The summed E-state index contributed by atoms with van der Waals surface area (Å²) in [5, 5.41) is 2.91. The second-order valence-corrected chi connectivity index (χ2v) is 5.19. The van der Waals surface area contributed by atoms with Crippen molar-refractivity contribution in [2.75, 3.05) is 30.0 Å². The molecule has 1 N–H and O–H groups in total. The van der Waals surface area contributed by atoms with Crippen molar-refractivity contribution in [3.05, 3.63) is 42.2 Å². The van der Waals surface area contributed by atoms with Gasteiger partial charge in [0.2, 0.25) is 0 Å². The molecular formula is C16H15N3O3. The van der Waals surface area contributed by atoms with Crippen molar-refractivity contribution in [1.82, 2.24) is 4.98 Å². The monoisotopic (exact) mass is 297 g/mol. The lowest BCUT2D eigenvalue weighted by Gasteiger charge is -2.21. The Labute approximate surface area is 127 Å². The molecule has 6 heteroatoms. The number of urea groups is 1. The number of fused-ring (bicyclic) bond motifs is 2. The average molecular weight is 297 g/mol. The van der Waals surface area contributed by atoms with Crippen LogP contribution < -0.4 is 19.7 Å². The van der Waals surface area contributed by atoms with Gasteiger partial charge in [-0.2, -0.15) is 0 Å². The maximum atomic E-state index is 12.5. The lowest BCUT2D eigenvalue weighted by molar-refractivity contribution is 0.171. The zero-order chi connectivity index (χ0) is 14.9. The van der Waals surface area contributed by atoms with Crippen molar-refractivity contribution < 1.29 is 14.3 Å². The highest BCUT2D eigenvalue weighted by Gasteiger charge is 2.24. The van der Waals surface area contributed by atoms with Gasteiger partial charge in [-0.15, -0.1) is 0 Å². The van der Waals surface area contributed by atoms with E-state index in [-0.39, 0.29) is 6.03 Å². The van der Waals surface area contributed by atoms with Crippen LogP contribution >= 0.6 is 0 Å². The third-order valence-corrected chi connectivity index (χ3v) is 3.81. The Hall–Kier alpha value is -2.76. The number of hydrogen-bond donors (Lipinski definition) is 1. The molecule has 0 atom stereocenters. The first kappa shape index (κ1) is 12.9. The van der Waals surface area contributed by atoms with E-state index in [1.807, 2.05) is 24.4 Å². The van der Waals surface area contributed by atoms with Crippen molar-refractivity contribution in [3.63, 3.8) is 0 Å². The van der Waals surface area contributed by atoms with E-state index in [1.54, 1.807) is 17.2 Å². The average Bonchev–Trinajstić information content (AvgIpc) is 2.99. The van der Waals surface area contributed by atoms with E-state index in [0.29, 0.717) is 36.9 Å². The maximum absolute atomic E-state index is 12.5. The Morgan fingerprint density at radius 1 is 1.18 bits per heavy atom. The van der Waals surface area contributed by atoms with Gasteiger partial charge in [0.25, 0.3) is 0 Å². The summed E-state index contributed by atoms with van der Waals surface area (Å²) >= 11 is 0. The Morgan fingerprint density at radius 2 is 2.05 bits per heavy atom. The van der Waals surface area contributed by atoms with Crippen LogP contribution in [0.25, 0.3) is 0 Å². The second-order valence-electron chi connectivity index (χ2n) is 5.19. The molecule has 0 radical (unpaired) electrons. The van der Waals surface area contributed by atoms with E-state index in [9.17, 15) is 4.79 Å². The van der Waals surface area contributed by atoms with Gasteiger partial charge in [-0.1, -0.05) is 0 Å². The van der Waals surface area contributed by atoms with Crippen LogP contribution in [-0.4, -0.2) is 30.8 Å². The number of hydrogen-bond acceptors (Lipinski definition) is 4. The quantitative estimate of drug-likeness (QED) is 0.878. The lowest BCUT2D eigenvalue weighted by Crippen LogP contribution is -2.33. The second kappa shape index (κ2) is 5.22. The molecule has 1 aromatic heterocycles. The highest BCUT2D eigenvalue weighted by molar-refractivity contribution is 6.03. The number of carbonyl (C=O) groups excluding carboxylic acids is 1. The summed E-state index contributed by atoms with van der Waals surface area (Å²) in [4.78, 5) is 18.3. The number of amides is 2. The number of benzene rings is 1. The molecule has 2 aromatic rings. The summed E-state index contributed by atoms with van der Waals surface area (Å²) in [7, 11) is 0. The summed E-state index contributed by atoms with van der Waals surface area (Å²) in [5.41, 5.74) is 2.71. The Bertz CT molecular complexity index is 732. The summed E-state index contributed by atoms with van der Waals surface area (Å²) in [6.45, 7) is 1.74. The van der Waals surface area contributed by atoms with Gasteiger partial charge in [0.15, 0.2) is 11.5 Å². The number of rotatable bonds is 1. The first-order valence-corrected chi connectivity index (χ1v) is 7.22. The number of carbonyl (C=O) groups is 1. The van der Waals surface area contributed by atoms with Crippen molar-refractivity contribution in [2.45, 2.75) is 6.42 Å². The number of nitrogens with zero attached hydrogens (tertiary/aromatic N) is 2. The van der Waals surface area contributed by atoms with Crippen LogP contribution in [0, 0.1) is 0 Å². The predicted octanol–water partition coefficient (Wildman–Crippen LogP) is 2.45. The molecule has 0 bridgehead atoms. The van der Waals surface area contributed by atoms with Crippen molar-refractivity contribution >= 4 is 17.4 Å². The summed E-state index contributed by atoms with van der Waals surface area (Å²) < 4.78 is 11.0. The zero-order valence-corrected chi connectivity index (χ0v) is 11.9. The van der Waals surface area contributed by atoms with E-state index < -0.39 is 0 Å². The molecule has 0 unspecified atom stereocenters. The minimum atomic E-state index is -0.151. The van der Waals surface area contributed by atoms with Crippen LogP contribution in [0.3, 0.4) is 0 Å². The topological polar surface area (TPSA) is 63.7 Å². The SMILES string of the molecule is O=C(Nc1ccc2c(c1)OCCO2)N1CCc2cnccc21. The van der Waals surface area contributed by atoms with E-state index in [1.165, 1.54) is 0 Å². The fourth-order valence-corrected chi connectivity index (χ4v) is 2.75. The molecular weight excluding hydrogens is 282 g/mol. The van der Waals surface area contributed by atoms with Crippen LogP contribution in [0.15, 0.2) is 36.7 Å². The molecule has 3 heterocycles. The number of pyridine rings is 1. The van der Waals surface area contributed by atoms with Gasteiger partial charge in [0.1, 0.15) is 13.2 Å². The van der Waals surface area contributed by atoms with Gasteiger partial charge in [-0.05, 0) is 30.2 Å². The normalized spacial score (nSPS) is 15.4. The van der Waals surface area contributed by atoms with Crippen molar-refractivity contribution in [2.24, 2.45) is 0 Å². The van der Waals surface area contributed by atoms with Crippen LogP contribution in [0.1, 0.15) is 5.56 Å². The third kappa shape index (κ3) is 2.22. The van der Waals surface area contributed by atoms with Crippen LogP contribution in [-0.2, 0) is 6.42 Å². The Morgan fingerprint density at radius 3 is 2.95 bits per heavy atom. The highest BCUT2D eigenvalue weighted by atomic mass is 16.6. The molecule has 2 amide bonds. The van der Waals surface area contributed by atoms with Crippen LogP contribution in [0.4, 0.5) is 16.2 Å². The fourth-order valence-electron chi connectivity index (χ4n) is 2.75. The molecule has 112 valence electrons. The van der Waals surface area contributed by atoms with Crippen molar-refractivity contribution in [3.8, 4) is 11.5 Å². The Kier molecular flexibility index (Phi) is 3.07. The highest BCUT2D eigenvalue weighted by Crippen LogP contribution is 2.33. The first-order chi connectivity index (χ1) is 10.8. The molecule has 0 fully saturated rings. The van der Waals surface area contributed by atoms with Gasteiger partial charge < -0.3 is 14.8 Å². The largest absolute Gasteiger partial charge is 0.486 e. The van der Waals surface area contributed by atoms with E-state index >= 15 is 0 Å². The van der Waals surface area contributed by atoms with Gasteiger partial charge in [0, 0.05) is 30.7 Å². The number of anilines is 2. The maximum Gasteiger partial charge on any atom is 0.326 e. The number of ether oxygens (including phenoxy) is 2. The number of nitrogens with one attached hydrogen (secondary N) is 1. The molecule has 0 saturated carbocycles. The lowest BCUT2D eigenvalue weighted by atomic mass is 10.2. The fraction of sp³-hybridized carbons (Fsp3) is 0.250. The Balaban J connectivity index is 1.53. The standard InChI is InChI=1S/C16H15N3O3/c20-16(19-6-4-11-10-17-5-3-13(11)19)18-12-1-2-14-15(9-12)22-8-7-21-14/h1-3,5,9-10H,4,6-8H2,(H,18,20). The molecule has 22 heavy (non-hydrogen) atoms. The molecule has 0 saturated heterocycles. The van der Waals surface area contributed by atoms with Gasteiger partial charge in [-0.25, -0.2) is 4.79 Å². The summed E-state index contributed by atoms with van der Waals surface area (Å²) in [5.74, 6) is 1.37. The van der Waals surface area contributed by atoms with E-state index in [0.717, 1.165) is 17.7 Å². The minimum Gasteiger partial charge on any atom is -0.486 e. The molecule has 1 aromatic carbocycles. The van der Waals surface area contributed by atoms with E-state index in [2.05, 4.69) is 10.3 Å². The zero-order valence-electron chi connectivity index (χ0n) is 11.9. The summed E-state index contributed by atoms with van der Waals surface area (Å²) in [6.07, 6.45) is 4.35. The molecule has 0 aliphatic carbocycles. The molecule has 6 nitrogen and oxygen atoms in total. The van der Waals surface area contributed by atoms with Crippen LogP contribution in [0.2, 0.25) is 0 Å². The molecule has 0 spiro atoms. The first-order valence-electron chi connectivity index (χ1n) is 7.22. The van der Waals surface area contributed by atoms with Crippen LogP contribution in [0.5, 0.6) is 11.5 Å². The number of aromatic nitrogens is 1. The van der Waals surface area contributed by atoms with Gasteiger partial charge in [0.05, 0.1) is 5.69 Å². The molecule has 2 aliphatic rings. The smallest absolute Gasteiger partial charge is 0.326 e. The van der Waals surface area contributed by atoms with E-state index in [4.69, 9.17) is 9.47 Å². The van der Waals surface area contributed by atoms with Gasteiger partial charge in [-0.3, -0.25) is 9.88 Å². The predicted molar refractivity (Wildman–Crippen MR) is 81.7 cm³/mol. The third-order valence-electron chi connectivity index (χ3n) is 3.81. The summed E-state index contributed by atoms with van der Waals surface area (Å²) in [6, 6.07) is 7.13. The minimum absolute atomic E-state index is 0.151.